The summed E-state index contributed by atoms with van der Waals surface area (Å²) in [6.45, 7) is 2.40. The van der Waals surface area contributed by atoms with E-state index in [9.17, 15) is 9.59 Å². The van der Waals surface area contributed by atoms with Crippen molar-refractivity contribution in [1.29, 1.82) is 0 Å². The van der Waals surface area contributed by atoms with Crippen molar-refractivity contribution in [3.8, 4) is 5.75 Å². The van der Waals surface area contributed by atoms with Gasteiger partial charge in [-0.05, 0) is 24.6 Å². The zero-order valence-electron chi connectivity index (χ0n) is 11.6. The normalized spacial score (nSPS) is 10.6. The van der Waals surface area contributed by atoms with Crippen LogP contribution >= 0.6 is 23.2 Å². The van der Waals surface area contributed by atoms with Crippen LogP contribution in [0.25, 0.3) is 0 Å². The second-order valence-corrected chi connectivity index (χ2v) is 5.05. The van der Waals surface area contributed by atoms with Crippen LogP contribution in [0.5, 0.6) is 5.75 Å². The lowest BCUT2D eigenvalue weighted by atomic mass is 10.3. The minimum atomic E-state index is -0.718. The van der Waals surface area contributed by atoms with Gasteiger partial charge in [0.15, 0.2) is 0 Å². The van der Waals surface area contributed by atoms with E-state index in [0.29, 0.717) is 11.6 Å². The molecule has 0 saturated heterocycles. The van der Waals surface area contributed by atoms with Crippen molar-refractivity contribution in [2.75, 3.05) is 6.61 Å². The highest BCUT2D eigenvalue weighted by molar-refractivity contribution is 6.35. The van der Waals surface area contributed by atoms with Crippen LogP contribution in [-0.4, -0.2) is 18.5 Å². The number of ether oxygens (including phenoxy) is 2. The molecule has 0 saturated carbocycles. The first-order valence-corrected chi connectivity index (χ1v) is 7.30. The number of esters is 2. The molecular formula is C15H16Cl2O4. The van der Waals surface area contributed by atoms with Crippen LogP contribution in [0.4, 0.5) is 0 Å². The molecule has 0 aliphatic carbocycles. The third-order valence-corrected chi connectivity index (χ3v) is 2.98. The van der Waals surface area contributed by atoms with Gasteiger partial charge in [0.25, 0.3) is 0 Å². The summed E-state index contributed by atoms with van der Waals surface area (Å²) in [4.78, 5) is 22.8. The van der Waals surface area contributed by atoms with E-state index in [1.807, 2.05) is 0 Å². The van der Waals surface area contributed by atoms with Crippen LogP contribution in [0.1, 0.15) is 26.2 Å². The van der Waals surface area contributed by atoms with E-state index in [-0.39, 0.29) is 10.8 Å². The van der Waals surface area contributed by atoms with Gasteiger partial charge in [-0.15, -0.1) is 0 Å². The SMILES string of the molecule is CCCCCOC(=O)/C=C/C(=O)Oc1ccc(Cl)cc1Cl. The third kappa shape index (κ3) is 7.16. The minimum Gasteiger partial charge on any atom is -0.463 e. The molecule has 1 aromatic rings. The summed E-state index contributed by atoms with van der Waals surface area (Å²) in [5.41, 5.74) is 0. The summed E-state index contributed by atoms with van der Waals surface area (Å²) < 4.78 is 9.88. The van der Waals surface area contributed by atoms with Crippen LogP contribution in [0.15, 0.2) is 30.4 Å². The lowest BCUT2D eigenvalue weighted by molar-refractivity contribution is -0.138. The molecule has 0 bridgehead atoms. The van der Waals surface area contributed by atoms with Gasteiger partial charge in [0.2, 0.25) is 0 Å². The Labute approximate surface area is 133 Å². The predicted octanol–water partition coefficient (Wildman–Crippen LogP) is 4.19. The maximum atomic E-state index is 11.5. The fraction of sp³-hybridized carbons (Fsp3) is 0.333. The van der Waals surface area contributed by atoms with Gasteiger partial charge < -0.3 is 9.47 Å². The quantitative estimate of drug-likeness (QED) is 0.325. The predicted molar refractivity (Wildman–Crippen MR) is 81.7 cm³/mol. The summed E-state index contributed by atoms with van der Waals surface area (Å²) in [5, 5.41) is 0.650. The van der Waals surface area contributed by atoms with E-state index in [2.05, 4.69) is 6.92 Å². The average molecular weight is 331 g/mol. The number of benzene rings is 1. The zero-order chi connectivity index (χ0) is 15.7. The number of hydrogen-bond donors (Lipinski definition) is 0. The highest BCUT2D eigenvalue weighted by atomic mass is 35.5. The molecule has 114 valence electrons. The highest BCUT2D eigenvalue weighted by Crippen LogP contribution is 2.27. The lowest BCUT2D eigenvalue weighted by Crippen LogP contribution is -2.07. The average Bonchev–Trinajstić information content (AvgIpc) is 2.44. The molecule has 0 radical (unpaired) electrons. The Morgan fingerprint density at radius 3 is 2.52 bits per heavy atom. The highest BCUT2D eigenvalue weighted by Gasteiger charge is 2.07. The number of carbonyl (C=O) groups excluding carboxylic acids is 2. The van der Waals surface area contributed by atoms with Crippen molar-refractivity contribution in [2.24, 2.45) is 0 Å². The maximum Gasteiger partial charge on any atom is 0.336 e. The smallest absolute Gasteiger partial charge is 0.336 e. The molecule has 1 rings (SSSR count). The van der Waals surface area contributed by atoms with E-state index >= 15 is 0 Å². The second-order valence-electron chi connectivity index (χ2n) is 4.20. The molecule has 0 atom stereocenters. The van der Waals surface area contributed by atoms with E-state index in [1.165, 1.54) is 12.1 Å². The summed E-state index contributed by atoms with van der Waals surface area (Å²) in [6, 6.07) is 4.47. The van der Waals surface area contributed by atoms with Crippen molar-refractivity contribution in [2.45, 2.75) is 26.2 Å². The molecule has 21 heavy (non-hydrogen) atoms. The Hall–Kier alpha value is -1.52. The summed E-state index contributed by atoms with van der Waals surface area (Å²) >= 11 is 11.6. The molecule has 0 spiro atoms. The molecule has 1 aromatic carbocycles. The zero-order valence-corrected chi connectivity index (χ0v) is 13.1. The first-order chi connectivity index (χ1) is 10.0. The summed E-state index contributed by atoms with van der Waals surface area (Å²) in [6.07, 6.45) is 4.86. The van der Waals surface area contributed by atoms with Crippen LogP contribution < -0.4 is 4.74 Å². The molecule has 4 nitrogen and oxygen atoms in total. The van der Waals surface area contributed by atoms with E-state index in [0.717, 1.165) is 31.4 Å². The molecule has 0 unspecified atom stereocenters. The number of halogens is 2. The Bertz CT molecular complexity index is 526. The molecule has 0 heterocycles. The Balaban J connectivity index is 2.42. The number of unbranched alkanes of at least 4 members (excludes halogenated alkanes) is 2. The number of hydrogen-bond acceptors (Lipinski definition) is 4. The number of rotatable bonds is 7. The fourth-order valence-electron chi connectivity index (χ4n) is 1.41. The molecule has 6 heteroatoms. The topological polar surface area (TPSA) is 52.6 Å². The van der Waals surface area contributed by atoms with Crippen molar-refractivity contribution >= 4 is 35.1 Å². The van der Waals surface area contributed by atoms with Gasteiger partial charge in [0, 0.05) is 17.2 Å². The van der Waals surface area contributed by atoms with Crippen LogP contribution in [0, 0.1) is 0 Å². The van der Waals surface area contributed by atoms with Crippen molar-refractivity contribution in [3.05, 3.63) is 40.4 Å². The van der Waals surface area contributed by atoms with Crippen molar-refractivity contribution in [1.82, 2.24) is 0 Å². The Morgan fingerprint density at radius 1 is 1.14 bits per heavy atom. The number of carbonyl (C=O) groups is 2. The molecule has 0 aromatic heterocycles. The van der Waals surface area contributed by atoms with Gasteiger partial charge in [-0.25, -0.2) is 9.59 Å². The molecule has 0 aliphatic heterocycles. The van der Waals surface area contributed by atoms with Gasteiger partial charge in [-0.2, -0.15) is 0 Å². The van der Waals surface area contributed by atoms with Gasteiger partial charge in [0.05, 0.1) is 11.6 Å². The third-order valence-electron chi connectivity index (χ3n) is 2.45. The first-order valence-electron chi connectivity index (χ1n) is 6.54. The summed E-state index contributed by atoms with van der Waals surface area (Å²) in [7, 11) is 0. The lowest BCUT2D eigenvalue weighted by Gasteiger charge is -2.04. The molecule has 0 amide bonds. The maximum absolute atomic E-state index is 11.5. The van der Waals surface area contributed by atoms with Crippen molar-refractivity contribution < 1.29 is 19.1 Å². The van der Waals surface area contributed by atoms with E-state index in [1.54, 1.807) is 6.07 Å². The van der Waals surface area contributed by atoms with Crippen LogP contribution in [0.2, 0.25) is 10.0 Å². The first kappa shape index (κ1) is 17.5. The Morgan fingerprint density at radius 2 is 1.86 bits per heavy atom. The van der Waals surface area contributed by atoms with Crippen LogP contribution in [-0.2, 0) is 14.3 Å². The van der Waals surface area contributed by atoms with Crippen LogP contribution in [0.3, 0.4) is 0 Å². The fourth-order valence-corrected chi connectivity index (χ4v) is 1.86. The molecule has 0 fully saturated rings. The standard InChI is InChI=1S/C15H16Cl2O4/c1-2-3-4-9-20-14(18)7-8-15(19)21-13-6-5-11(16)10-12(13)17/h5-8,10H,2-4,9H2,1H3/b8-7+. The van der Waals surface area contributed by atoms with Gasteiger partial charge in [0.1, 0.15) is 5.75 Å². The van der Waals surface area contributed by atoms with Gasteiger partial charge in [-0.1, -0.05) is 43.0 Å². The van der Waals surface area contributed by atoms with Crippen molar-refractivity contribution in [3.63, 3.8) is 0 Å². The largest absolute Gasteiger partial charge is 0.463 e. The molecular weight excluding hydrogens is 315 g/mol. The Kier molecular flexibility index (Phi) is 7.87. The second kappa shape index (κ2) is 9.42. The molecule has 0 N–H and O–H groups in total. The van der Waals surface area contributed by atoms with Gasteiger partial charge in [-0.3, -0.25) is 0 Å². The molecule has 0 aliphatic rings. The van der Waals surface area contributed by atoms with Gasteiger partial charge >= 0.3 is 11.9 Å². The minimum absolute atomic E-state index is 0.173. The summed E-state index contributed by atoms with van der Waals surface area (Å²) in [5.74, 6) is -1.12. The monoisotopic (exact) mass is 330 g/mol. The van der Waals surface area contributed by atoms with E-state index in [4.69, 9.17) is 32.7 Å². The van der Waals surface area contributed by atoms with E-state index < -0.39 is 11.9 Å².